The first-order valence-electron chi connectivity index (χ1n) is 7.28. The molecule has 3 N–H and O–H groups in total. The van der Waals surface area contributed by atoms with Crippen LogP contribution in [0.2, 0.25) is 0 Å². The van der Waals surface area contributed by atoms with Gasteiger partial charge in [0, 0.05) is 22.2 Å². The van der Waals surface area contributed by atoms with Gasteiger partial charge in [-0.05, 0) is 55.9 Å². The predicted octanol–water partition coefficient (Wildman–Crippen LogP) is 4.47. The molecule has 1 aromatic carbocycles. The van der Waals surface area contributed by atoms with Crippen LogP contribution in [0.15, 0.2) is 22.7 Å². The summed E-state index contributed by atoms with van der Waals surface area (Å²) in [6, 6.07) is 6.49. The summed E-state index contributed by atoms with van der Waals surface area (Å²) in [7, 11) is 0. The first-order chi connectivity index (χ1) is 9.03. The number of nitrogens with one attached hydrogen (secondary N) is 1. The fraction of sp³-hybridized carbons (Fsp3) is 0.625. The molecule has 19 heavy (non-hydrogen) atoms. The molecule has 0 aromatic heterocycles. The van der Waals surface area contributed by atoms with Crippen molar-refractivity contribution >= 4 is 21.6 Å². The second-order valence-electron chi connectivity index (χ2n) is 6.16. The number of halogens is 1. The molecule has 1 aliphatic carbocycles. The molecule has 2 unspecified atom stereocenters. The molecule has 0 aliphatic heterocycles. The molecule has 0 spiro atoms. The molecule has 0 radical (unpaired) electrons. The molecule has 1 saturated carbocycles. The Kier molecular flexibility index (Phi) is 4.91. The van der Waals surface area contributed by atoms with Crippen molar-refractivity contribution in [3.63, 3.8) is 0 Å². The number of aryl methyl sites for hydroxylation is 1. The maximum atomic E-state index is 6.10. The largest absolute Gasteiger partial charge is 0.378 e. The lowest BCUT2D eigenvalue weighted by Gasteiger charge is -2.34. The van der Waals surface area contributed by atoms with Gasteiger partial charge in [-0.15, -0.1) is 0 Å². The summed E-state index contributed by atoms with van der Waals surface area (Å²) in [5, 5.41) is 3.73. The van der Waals surface area contributed by atoms with Gasteiger partial charge in [-0.3, -0.25) is 0 Å². The molecule has 1 aliphatic rings. The zero-order valence-corrected chi connectivity index (χ0v) is 13.6. The SMILES string of the molecule is Cc1cc(Br)cc(NC2(CN)CCCC(C)CC2)c1. The van der Waals surface area contributed by atoms with Crippen molar-refractivity contribution in [3.8, 4) is 0 Å². The lowest BCUT2D eigenvalue weighted by molar-refractivity contribution is 0.409. The smallest absolute Gasteiger partial charge is 0.0495 e. The summed E-state index contributed by atoms with van der Waals surface area (Å²) in [6.07, 6.45) is 6.24. The van der Waals surface area contributed by atoms with Crippen molar-refractivity contribution in [3.05, 3.63) is 28.2 Å². The van der Waals surface area contributed by atoms with Gasteiger partial charge in [-0.2, -0.15) is 0 Å². The molecule has 1 aromatic rings. The highest BCUT2D eigenvalue weighted by Crippen LogP contribution is 2.33. The third kappa shape index (κ3) is 3.96. The highest BCUT2D eigenvalue weighted by atomic mass is 79.9. The molecule has 106 valence electrons. The average Bonchev–Trinajstić information content (AvgIpc) is 2.51. The Morgan fingerprint density at radius 1 is 1.32 bits per heavy atom. The second-order valence-corrected chi connectivity index (χ2v) is 7.08. The number of rotatable bonds is 3. The van der Waals surface area contributed by atoms with E-state index >= 15 is 0 Å². The minimum Gasteiger partial charge on any atom is -0.378 e. The number of hydrogen-bond donors (Lipinski definition) is 2. The minimum atomic E-state index is 0.0813. The number of anilines is 1. The van der Waals surface area contributed by atoms with Gasteiger partial charge in [0.05, 0.1) is 0 Å². The monoisotopic (exact) mass is 324 g/mol. The normalized spacial score (nSPS) is 27.9. The van der Waals surface area contributed by atoms with E-state index < -0.39 is 0 Å². The molecule has 2 rings (SSSR count). The van der Waals surface area contributed by atoms with Crippen LogP contribution in [0.25, 0.3) is 0 Å². The van der Waals surface area contributed by atoms with Crippen LogP contribution in [0, 0.1) is 12.8 Å². The van der Waals surface area contributed by atoms with Crippen LogP contribution in [0.5, 0.6) is 0 Å². The van der Waals surface area contributed by atoms with Crippen molar-refractivity contribution in [1.29, 1.82) is 0 Å². The van der Waals surface area contributed by atoms with E-state index in [1.54, 1.807) is 0 Å². The predicted molar refractivity (Wildman–Crippen MR) is 86.5 cm³/mol. The summed E-state index contributed by atoms with van der Waals surface area (Å²) in [5.74, 6) is 0.833. The number of hydrogen-bond acceptors (Lipinski definition) is 2. The van der Waals surface area contributed by atoms with E-state index in [1.807, 2.05) is 0 Å². The third-order valence-corrected chi connectivity index (χ3v) is 4.77. The first kappa shape index (κ1) is 14.9. The van der Waals surface area contributed by atoms with Crippen molar-refractivity contribution in [2.45, 2.75) is 51.5 Å². The maximum absolute atomic E-state index is 6.10. The van der Waals surface area contributed by atoms with E-state index in [0.717, 1.165) is 10.4 Å². The van der Waals surface area contributed by atoms with Crippen LogP contribution in [0.1, 0.15) is 44.6 Å². The van der Waals surface area contributed by atoms with Crippen LogP contribution in [-0.2, 0) is 0 Å². The van der Waals surface area contributed by atoms with Gasteiger partial charge in [0.15, 0.2) is 0 Å². The van der Waals surface area contributed by atoms with Crippen molar-refractivity contribution in [1.82, 2.24) is 0 Å². The Labute approximate surface area is 125 Å². The van der Waals surface area contributed by atoms with E-state index in [2.05, 4.69) is 53.3 Å². The molecule has 0 heterocycles. The van der Waals surface area contributed by atoms with Gasteiger partial charge in [0.1, 0.15) is 0 Å². The highest BCUT2D eigenvalue weighted by Gasteiger charge is 2.30. The van der Waals surface area contributed by atoms with Crippen molar-refractivity contribution < 1.29 is 0 Å². The number of nitrogens with two attached hydrogens (primary N) is 1. The van der Waals surface area contributed by atoms with Crippen molar-refractivity contribution in [2.75, 3.05) is 11.9 Å². The van der Waals surface area contributed by atoms with E-state index in [0.29, 0.717) is 6.54 Å². The maximum Gasteiger partial charge on any atom is 0.0495 e. The minimum absolute atomic E-state index is 0.0813. The van der Waals surface area contributed by atoms with Crippen molar-refractivity contribution in [2.24, 2.45) is 11.7 Å². The van der Waals surface area contributed by atoms with E-state index in [9.17, 15) is 0 Å². The van der Waals surface area contributed by atoms with Gasteiger partial charge in [0.25, 0.3) is 0 Å². The Morgan fingerprint density at radius 2 is 2.11 bits per heavy atom. The molecule has 2 nitrogen and oxygen atoms in total. The van der Waals surface area contributed by atoms with E-state index in [-0.39, 0.29) is 5.54 Å². The highest BCUT2D eigenvalue weighted by molar-refractivity contribution is 9.10. The topological polar surface area (TPSA) is 38.0 Å². The lowest BCUT2D eigenvalue weighted by Crippen LogP contribution is -2.45. The summed E-state index contributed by atoms with van der Waals surface area (Å²) in [6.45, 7) is 5.20. The summed E-state index contributed by atoms with van der Waals surface area (Å²) in [4.78, 5) is 0. The van der Waals surface area contributed by atoms with E-state index in [1.165, 1.54) is 43.4 Å². The number of benzene rings is 1. The first-order valence-corrected chi connectivity index (χ1v) is 8.08. The molecular formula is C16H25BrN2. The fourth-order valence-electron chi connectivity index (χ4n) is 3.08. The van der Waals surface area contributed by atoms with Crippen LogP contribution >= 0.6 is 15.9 Å². The summed E-state index contributed by atoms with van der Waals surface area (Å²) in [5.41, 5.74) is 8.64. The second kappa shape index (κ2) is 6.27. The van der Waals surface area contributed by atoms with Crippen LogP contribution in [0.3, 0.4) is 0 Å². The Bertz CT molecular complexity index is 413. The molecule has 2 atom stereocenters. The third-order valence-electron chi connectivity index (χ3n) is 4.31. The van der Waals surface area contributed by atoms with Gasteiger partial charge in [0.2, 0.25) is 0 Å². The summed E-state index contributed by atoms with van der Waals surface area (Å²) < 4.78 is 1.13. The molecule has 1 fully saturated rings. The Morgan fingerprint density at radius 3 is 2.79 bits per heavy atom. The molecule has 0 saturated heterocycles. The quantitative estimate of drug-likeness (QED) is 0.805. The Balaban J connectivity index is 2.17. The molecular weight excluding hydrogens is 300 g/mol. The molecule has 0 bridgehead atoms. The standard InChI is InChI=1S/C16H25BrN2/c1-12-4-3-6-16(11-18,7-5-12)19-15-9-13(2)8-14(17)10-15/h8-10,12,19H,3-7,11,18H2,1-2H3. The lowest BCUT2D eigenvalue weighted by atomic mass is 9.89. The Hall–Kier alpha value is -0.540. The van der Waals surface area contributed by atoms with Gasteiger partial charge in [-0.1, -0.05) is 35.7 Å². The van der Waals surface area contributed by atoms with Gasteiger partial charge in [-0.25, -0.2) is 0 Å². The fourth-order valence-corrected chi connectivity index (χ4v) is 3.68. The van der Waals surface area contributed by atoms with Gasteiger partial charge >= 0.3 is 0 Å². The van der Waals surface area contributed by atoms with Gasteiger partial charge < -0.3 is 11.1 Å². The van der Waals surface area contributed by atoms with Crippen LogP contribution < -0.4 is 11.1 Å². The van der Waals surface area contributed by atoms with Crippen LogP contribution in [-0.4, -0.2) is 12.1 Å². The van der Waals surface area contributed by atoms with Crippen LogP contribution in [0.4, 0.5) is 5.69 Å². The molecule has 0 amide bonds. The summed E-state index contributed by atoms with van der Waals surface area (Å²) >= 11 is 3.57. The molecule has 3 heteroatoms. The average molecular weight is 325 g/mol. The zero-order valence-electron chi connectivity index (χ0n) is 12.0. The zero-order chi connectivity index (χ0) is 13.9. The van der Waals surface area contributed by atoms with E-state index in [4.69, 9.17) is 5.73 Å².